The van der Waals surface area contributed by atoms with Gasteiger partial charge in [0, 0.05) is 24.5 Å². The Morgan fingerprint density at radius 1 is 1.20 bits per heavy atom. The molecule has 1 saturated heterocycles. The van der Waals surface area contributed by atoms with E-state index in [1.54, 1.807) is 0 Å². The van der Waals surface area contributed by atoms with E-state index in [1.807, 2.05) is 32.9 Å². The van der Waals surface area contributed by atoms with Crippen molar-refractivity contribution in [3.8, 4) is 0 Å². The first-order valence-corrected chi connectivity index (χ1v) is 7.23. The molecule has 1 fully saturated rings. The van der Waals surface area contributed by atoms with Crippen molar-refractivity contribution in [1.82, 2.24) is 0 Å². The van der Waals surface area contributed by atoms with Crippen LogP contribution in [0.3, 0.4) is 0 Å². The molecule has 0 bridgehead atoms. The Morgan fingerprint density at radius 2 is 1.80 bits per heavy atom. The molecule has 0 saturated carbocycles. The summed E-state index contributed by atoms with van der Waals surface area (Å²) in [7, 11) is 0. The summed E-state index contributed by atoms with van der Waals surface area (Å²) in [6, 6.07) is 8.02. The number of benzene rings is 1. The monoisotopic (exact) mass is 276 g/mol. The second-order valence-corrected chi connectivity index (χ2v) is 6.19. The molecule has 1 aliphatic heterocycles. The Morgan fingerprint density at radius 3 is 2.35 bits per heavy atom. The molecule has 0 radical (unpaired) electrons. The highest BCUT2D eigenvalue weighted by molar-refractivity contribution is 5.91. The minimum Gasteiger partial charge on any atom is -0.372 e. The van der Waals surface area contributed by atoms with Crippen LogP contribution in [0.4, 0.5) is 11.4 Å². The van der Waals surface area contributed by atoms with E-state index in [0.717, 1.165) is 18.8 Å². The maximum Gasteiger partial charge on any atom is 0.250 e. The molecule has 0 aromatic heterocycles. The number of nitrogens with one attached hydrogen (secondary N) is 1. The van der Waals surface area contributed by atoms with Gasteiger partial charge < -0.3 is 15.0 Å². The second-order valence-electron chi connectivity index (χ2n) is 6.19. The van der Waals surface area contributed by atoms with Gasteiger partial charge in [-0.25, -0.2) is 0 Å². The van der Waals surface area contributed by atoms with Crippen LogP contribution in [-0.2, 0) is 9.53 Å². The minimum atomic E-state index is -0.295. The summed E-state index contributed by atoms with van der Waals surface area (Å²) in [5.74, 6) is -0.117. The molecule has 4 heteroatoms. The second kappa shape index (κ2) is 6.27. The van der Waals surface area contributed by atoms with E-state index in [-0.39, 0.29) is 18.1 Å². The van der Waals surface area contributed by atoms with E-state index in [4.69, 9.17) is 4.74 Å². The maximum absolute atomic E-state index is 11.8. The molecular formula is C16H24N2O2. The molecule has 1 aromatic rings. The third kappa shape index (κ3) is 4.53. The third-order valence-electron chi connectivity index (χ3n) is 3.26. The molecule has 4 nitrogen and oxygen atoms in total. The Hall–Kier alpha value is -1.55. The highest BCUT2D eigenvalue weighted by Gasteiger charge is 2.14. The zero-order valence-electron chi connectivity index (χ0n) is 12.6. The summed E-state index contributed by atoms with van der Waals surface area (Å²) in [6.07, 6.45) is 2.53. The van der Waals surface area contributed by atoms with Gasteiger partial charge in [0.1, 0.15) is 6.61 Å². The zero-order valence-corrected chi connectivity index (χ0v) is 12.6. The number of carbonyl (C=O) groups excluding carboxylic acids is 1. The van der Waals surface area contributed by atoms with Crippen LogP contribution in [0.15, 0.2) is 24.3 Å². The number of carbonyl (C=O) groups is 1. The average molecular weight is 276 g/mol. The van der Waals surface area contributed by atoms with Gasteiger partial charge in [0.05, 0.1) is 5.60 Å². The Bertz CT molecular complexity index is 443. The highest BCUT2D eigenvalue weighted by atomic mass is 16.5. The lowest BCUT2D eigenvalue weighted by molar-refractivity contribution is -0.125. The normalized spacial score (nSPS) is 15.4. The van der Waals surface area contributed by atoms with Crippen LogP contribution in [0.2, 0.25) is 0 Å². The summed E-state index contributed by atoms with van der Waals surface area (Å²) in [4.78, 5) is 14.1. The van der Waals surface area contributed by atoms with E-state index >= 15 is 0 Å². The molecular weight excluding hydrogens is 252 g/mol. The molecule has 1 aromatic carbocycles. The van der Waals surface area contributed by atoms with E-state index < -0.39 is 0 Å². The lowest BCUT2D eigenvalue weighted by atomic mass is 10.2. The Kier molecular flexibility index (Phi) is 4.65. The fourth-order valence-electron chi connectivity index (χ4n) is 2.21. The van der Waals surface area contributed by atoms with Crippen molar-refractivity contribution in [3.63, 3.8) is 0 Å². The van der Waals surface area contributed by atoms with Gasteiger partial charge in [-0.1, -0.05) is 0 Å². The van der Waals surface area contributed by atoms with Gasteiger partial charge in [0.15, 0.2) is 0 Å². The summed E-state index contributed by atoms with van der Waals surface area (Å²) < 4.78 is 5.45. The first-order chi connectivity index (χ1) is 9.44. The third-order valence-corrected chi connectivity index (χ3v) is 3.26. The predicted octanol–water partition coefficient (Wildman–Crippen LogP) is 3.04. The van der Waals surface area contributed by atoms with Gasteiger partial charge in [0.2, 0.25) is 5.91 Å². The first kappa shape index (κ1) is 14.9. The molecule has 110 valence electrons. The van der Waals surface area contributed by atoms with Gasteiger partial charge in [-0.2, -0.15) is 0 Å². The standard InChI is InChI=1S/C16H24N2O2/c1-16(2,3)20-12-15(19)17-13-6-8-14(9-7-13)18-10-4-5-11-18/h6-9H,4-5,10-12H2,1-3H3,(H,17,19). The van der Waals surface area contributed by atoms with Crippen molar-refractivity contribution in [2.75, 3.05) is 29.9 Å². The molecule has 0 spiro atoms. The molecule has 0 unspecified atom stereocenters. The van der Waals surface area contributed by atoms with Crippen LogP contribution in [0.25, 0.3) is 0 Å². The average Bonchev–Trinajstić information content (AvgIpc) is 2.90. The Labute approximate surface area is 121 Å². The van der Waals surface area contributed by atoms with Crippen molar-refractivity contribution in [3.05, 3.63) is 24.3 Å². The summed E-state index contributed by atoms with van der Waals surface area (Å²) in [5, 5.41) is 2.85. The van der Waals surface area contributed by atoms with Gasteiger partial charge >= 0.3 is 0 Å². The molecule has 2 rings (SSSR count). The van der Waals surface area contributed by atoms with Gasteiger partial charge in [-0.3, -0.25) is 4.79 Å². The van der Waals surface area contributed by atoms with Gasteiger partial charge in [-0.05, 0) is 57.9 Å². The van der Waals surface area contributed by atoms with E-state index in [2.05, 4.69) is 22.3 Å². The summed E-state index contributed by atoms with van der Waals surface area (Å²) in [6.45, 7) is 8.15. The maximum atomic E-state index is 11.8. The number of rotatable bonds is 4. The minimum absolute atomic E-state index is 0.0807. The summed E-state index contributed by atoms with van der Waals surface area (Å²) in [5.41, 5.74) is 1.75. The predicted molar refractivity (Wildman–Crippen MR) is 82.2 cm³/mol. The molecule has 1 heterocycles. The number of ether oxygens (including phenoxy) is 1. The highest BCUT2D eigenvalue weighted by Crippen LogP contribution is 2.22. The smallest absolute Gasteiger partial charge is 0.250 e. The molecule has 0 aliphatic carbocycles. The van der Waals surface area contributed by atoms with Crippen LogP contribution < -0.4 is 10.2 Å². The fraction of sp³-hybridized carbons (Fsp3) is 0.562. The van der Waals surface area contributed by atoms with Gasteiger partial charge in [-0.15, -0.1) is 0 Å². The molecule has 1 aliphatic rings. The van der Waals surface area contributed by atoms with Crippen LogP contribution in [-0.4, -0.2) is 31.2 Å². The number of nitrogens with zero attached hydrogens (tertiary/aromatic N) is 1. The molecule has 1 N–H and O–H groups in total. The van der Waals surface area contributed by atoms with Crippen molar-refractivity contribution in [2.45, 2.75) is 39.2 Å². The Balaban J connectivity index is 1.85. The quantitative estimate of drug-likeness (QED) is 0.919. The fourth-order valence-corrected chi connectivity index (χ4v) is 2.21. The summed E-state index contributed by atoms with van der Waals surface area (Å²) >= 11 is 0. The van der Waals surface area contributed by atoms with Crippen LogP contribution in [0.1, 0.15) is 33.6 Å². The van der Waals surface area contributed by atoms with Crippen molar-refractivity contribution >= 4 is 17.3 Å². The topological polar surface area (TPSA) is 41.6 Å². The first-order valence-electron chi connectivity index (χ1n) is 7.23. The number of hydrogen-bond donors (Lipinski definition) is 1. The number of anilines is 2. The number of hydrogen-bond acceptors (Lipinski definition) is 3. The molecule has 1 amide bonds. The van der Waals surface area contributed by atoms with Gasteiger partial charge in [0.25, 0.3) is 0 Å². The molecule has 20 heavy (non-hydrogen) atoms. The lowest BCUT2D eigenvalue weighted by Crippen LogP contribution is -2.27. The van der Waals surface area contributed by atoms with Crippen molar-refractivity contribution < 1.29 is 9.53 Å². The van der Waals surface area contributed by atoms with Crippen LogP contribution >= 0.6 is 0 Å². The van der Waals surface area contributed by atoms with E-state index in [1.165, 1.54) is 18.5 Å². The van der Waals surface area contributed by atoms with Crippen LogP contribution in [0.5, 0.6) is 0 Å². The SMILES string of the molecule is CC(C)(C)OCC(=O)Nc1ccc(N2CCCC2)cc1. The number of amides is 1. The van der Waals surface area contributed by atoms with Crippen molar-refractivity contribution in [1.29, 1.82) is 0 Å². The van der Waals surface area contributed by atoms with Crippen molar-refractivity contribution in [2.24, 2.45) is 0 Å². The van der Waals surface area contributed by atoms with E-state index in [0.29, 0.717) is 0 Å². The van der Waals surface area contributed by atoms with E-state index in [9.17, 15) is 4.79 Å². The lowest BCUT2D eigenvalue weighted by Gasteiger charge is -2.19. The largest absolute Gasteiger partial charge is 0.372 e. The molecule has 0 atom stereocenters. The van der Waals surface area contributed by atoms with Crippen LogP contribution in [0, 0.1) is 0 Å². The zero-order chi connectivity index (χ0) is 14.6.